The smallest absolute Gasteiger partial charge is 0.159 e. The third-order valence-corrected chi connectivity index (χ3v) is 13.0. The summed E-state index contributed by atoms with van der Waals surface area (Å²) >= 11 is 0. The molecule has 0 bridgehead atoms. The van der Waals surface area contributed by atoms with E-state index in [0.29, 0.717) is 0 Å². The predicted molar refractivity (Wildman–Crippen MR) is 235 cm³/mol. The van der Waals surface area contributed by atoms with E-state index in [1.165, 1.54) is 66.8 Å². The minimum absolute atomic E-state index is 0.00344. The van der Waals surface area contributed by atoms with Crippen LogP contribution in [0.2, 0.25) is 0 Å². The van der Waals surface area contributed by atoms with Crippen molar-refractivity contribution in [2.45, 2.75) is 51.4 Å². The average molecular weight is 722 g/mol. The molecule has 0 aliphatic heterocycles. The molecule has 3 aliphatic carbocycles. The van der Waals surface area contributed by atoms with Crippen LogP contribution in [0.5, 0.6) is 0 Å². The van der Waals surface area contributed by atoms with E-state index in [4.69, 9.17) is 4.42 Å². The van der Waals surface area contributed by atoms with Crippen molar-refractivity contribution in [2.24, 2.45) is 0 Å². The van der Waals surface area contributed by atoms with Crippen molar-refractivity contribution in [2.75, 3.05) is 4.90 Å². The van der Waals surface area contributed by atoms with Crippen molar-refractivity contribution >= 4 is 44.6 Å². The number of furan rings is 1. The van der Waals surface area contributed by atoms with Gasteiger partial charge in [-0.2, -0.15) is 0 Å². The van der Waals surface area contributed by atoms with E-state index in [1.54, 1.807) is 0 Å². The number of hydrogen-bond donors (Lipinski definition) is 0. The molecule has 2 heteroatoms. The molecule has 0 atom stereocenters. The summed E-state index contributed by atoms with van der Waals surface area (Å²) in [5.74, 6) is 0. The molecule has 0 N–H and O–H groups in total. The number of hydrogen-bond acceptors (Lipinski definition) is 2. The van der Waals surface area contributed by atoms with Crippen molar-refractivity contribution in [3.63, 3.8) is 0 Å². The number of nitrogens with zero attached hydrogens (tertiary/aromatic N) is 1. The zero-order valence-electron chi connectivity index (χ0n) is 32.4. The average Bonchev–Trinajstić information content (AvgIpc) is 3.82. The predicted octanol–water partition coefficient (Wildman–Crippen LogP) is 15.1. The molecule has 7 aromatic carbocycles. The van der Waals surface area contributed by atoms with E-state index < -0.39 is 0 Å². The molecule has 56 heavy (non-hydrogen) atoms. The topological polar surface area (TPSA) is 16.4 Å². The Balaban J connectivity index is 1.05. The van der Waals surface area contributed by atoms with Gasteiger partial charge in [0.25, 0.3) is 0 Å². The molecule has 270 valence electrons. The molecular formula is C54H43NO. The summed E-state index contributed by atoms with van der Waals surface area (Å²) in [4.78, 5) is 2.36. The second kappa shape index (κ2) is 12.1. The first kappa shape index (κ1) is 33.0. The highest BCUT2D eigenvalue weighted by atomic mass is 16.3. The number of anilines is 3. The number of fused-ring (bicyclic) bond motifs is 9. The van der Waals surface area contributed by atoms with Gasteiger partial charge in [-0.25, -0.2) is 0 Å². The van der Waals surface area contributed by atoms with Crippen molar-refractivity contribution in [3.05, 3.63) is 192 Å². The first-order valence-corrected chi connectivity index (χ1v) is 20.0. The Hall–Kier alpha value is -6.38. The molecule has 0 fully saturated rings. The Bertz CT molecular complexity index is 2940. The Morgan fingerprint density at radius 1 is 0.500 bits per heavy atom. The fraction of sp³-hybridized carbons (Fsp3) is 0.148. The molecule has 0 amide bonds. The highest BCUT2D eigenvalue weighted by Gasteiger charge is 2.38. The van der Waals surface area contributed by atoms with Gasteiger partial charge in [0, 0.05) is 38.5 Å². The van der Waals surface area contributed by atoms with Crippen LogP contribution in [0.25, 0.3) is 60.9 Å². The summed E-state index contributed by atoms with van der Waals surface area (Å²) in [6.45, 7) is 9.41. The summed E-state index contributed by atoms with van der Waals surface area (Å²) < 4.78 is 7.14. The molecule has 0 radical (unpaired) electrons. The highest BCUT2D eigenvalue weighted by molar-refractivity contribution is 6.15. The van der Waals surface area contributed by atoms with Gasteiger partial charge in [-0.1, -0.05) is 155 Å². The maximum absolute atomic E-state index is 7.14. The van der Waals surface area contributed by atoms with Crippen LogP contribution in [0.15, 0.2) is 174 Å². The molecule has 3 aliphatic rings. The summed E-state index contributed by atoms with van der Waals surface area (Å²) in [7, 11) is 0. The molecule has 8 aromatic rings. The minimum atomic E-state index is -0.0995. The molecule has 0 spiro atoms. The number of rotatable bonds is 5. The van der Waals surface area contributed by atoms with E-state index in [-0.39, 0.29) is 10.8 Å². The van der Waals surface area contributed by atoms with Crippen LogP contribution in [0, 0.1) is 0 Å². The standard InChI is InChI=1S/C54H43NO/c1-53(2)46-19-11-9-16-44(46)50-47(53)32-31-43-42-17-12-20-49(51(42)56-52(43)50)55(38-26-21-35(22-27-38)34-13-6-5-7-14-34)39-28-23-36(24-29-39)37-25-30-41-40-15-8-10-18-45(40)54(3,4)48(41)33-37/h5-7,9-14,16-33H,8,15H2,1-4H3. The maximum atomic E-state index is 7.14. The fourth-order valence-corrected chi connectivity index (χ4v) is 10.0. The Kier molecular flexibility index (Phi) is 7.11. The van der Waals surface area contributed by atoms with Gasteiger partial charge < -0.3 is 9.32 Å². The number of para-hydroxylation sites is 1. The van der Waals surface area contributed by atoms with E-state index in [9.17, 15) is 0 Å². The van der Waals surface area contributed by atoms with Crippen molar-refractivity contribution in [1.29, 1.82) is 0 Å². The maximum Gasteiger partial charge on any atom is 0.159 e. The molecule has 1 heterocycles. The van der Waals surface area contributed by atoms with Crippen LogP contribution in [0.4, 0.5) is 17.1 Å². The number of allylic oxidation sites excluding steroid dienone is 4. The third-order valence-electron chi connectivity index (χ3n) is 13.0. The molecule has 2 nitrogen and oxygen atoms in total. The lowest BCUT2D eigenvalue weighted by atomic mass is 9.79. The van der Waals surface area contributed by atoms with Crippen molar-refractivity contribution in [3.8, 4) is 33.4 Å². The second-order valence-corrected chi connectivity index (χ2v) is 16.8. The molecular weight excluding hydrogens is 679 g/mol. The Morgan fingerprint density at radius 2 is 1.16 bits per heavy atom. The van der Waals surface area contributed by atoms with Gasteiger partial charge in [0.2, 0.25) is 0 Å². The zero-order valence-corrected chi connectivity index (χ0v) is 32.4. The number of benzene rings is 7. The molecule has 0 saturated carbocycles. The molecule has 0 saturated heterocycles. The first-order valence-electron chi connectivity index (χ1n) is 20.0. The molecule has 1 aromatic heterocycles. The van der Waals surface area contributed by atoms with E-state index in [1.807, 2.05) is 0 Å². The van der Waals surface area contributed by atoms with Crippen LogP contribution in [0.3, 0.4) is 0 Å². The third kappa shape index (κ3) is 4.75. The lowest BCUT2D eigenvalue weighted by molar-refractivity contribution is 0.651. The summed E-state index contributed by atoms with van der Waals surface area (Å²) in [6.07, 6.45) is 6.96. The second-order valence-electron chi connectivity index (χ2n) is 16.8. The summed E-state index contributed by atoms with van der Waals surface area (Å²) in [5.41, 5.74) is 20.8. The van der Waals surface area contributed by atoms with Crippen LogP contribution < -0.4 is 4.90 Å². The zero-order chi connectivity index (χ0) is 37.8. The SMILES string of the molecule is CC1(C)C2=C(CCC=C2)c2ccc(-c3ccc(N(c4ccc(-c5ccccc5)cc4)c4cccc5c4oc4c6c(ccc45)C(C)(C)c4ccccc4-6)cc3)cc21. The Morgan fingerprint density at radius 3 is 1.93 bits per heavy atom. The summed E-state index contributed by atoms with van der Waals surface area (Å²) in [5, 5.41) is 2.27. The van der Waals surface area contributed by atoms with Crippen LogP contribution in [0.1, 0.15) is 62.8 Å². The van der Waals surface area contributed by atoms with Crippen LogP contribution in [-0.4, -0.2) is 0 Å². The lowest BCUT2D eigenvalue weighted by Gasteiger charge is -2.26. The van der Waals surface area contributed by atoms with Gasteiger partial charge in [0.1, 0.15) is 5.58 Å². The lowest BCUT2D eigenvalue weighted by Crippen LogP contribution is -2.16. The molecule has 0 unspecified atom stereocenters. The fourth-order valence-electron chi connectivity index (χ4n) is 10.0. The van der Waals surface area contributed by atoms with Gasteiger partial charge in [-0.05, 0) is 110 Å². The van der Waals surface area contributed by atoms with Crippen molar-refractivity contribution < 1.29 is 4.42 Å². The van der Waals surface area contributed by atoms with Gasteiger partial charge in [-0.15, -0.1) is 0 Å². The van der Waals surface area contributed by atoms with E-state index in [2.05, 4.69) is 196 Å². The van der Waals surface area contributed by atoms with E-state index >= 15 is 0 Å². The molecule has 11 rings (SSSR count). The van der Waals surface area contributed by atoms with Gasteiger partial charge in [-0.3, -0.25) is 0 Å². The van der Waals surface area contributed by atoms with E-state index in [0.717, 1.165) is 51.8 Å². The Labute approximate surface area is 329 Å². The highest BCUT2D eigenvalue weighted by Crippen LogP contribution is 2.54. The summed E-state index contributed by atoms with van der Waals surface area (Å²) in [6, 6.07) is 55.7. The first-order chi connectivity index (χ1) is 27.3. The van der Waals surface area contributed by atoms with Crippen LogP contribution >= 0.6 is 0 Å². The van der Waals surface area contributed by atoms with Gasteiger partial charge >= 0.3 is 0 Å². The van der Waals surface area contributed by atoms with Gasteiger partial charge in [0.05, 0.1) is 5.69 Å². The van der Waals surface area contributed by atoms with Crippen molar-refractivity contribution in [1.82, 2.24) is 0 Å². The largest absolute Gasteiger partial charge is 0.453 e. The quantitative estimate of drug-likeness (QED) is 0.176. The van der Waals surface area contributed by atoms with Gasteiger partial charge in [0.15, 0.2) is 5.58 Å². The monoisotopic (exact) mass is 721 g/mol. The normalized spacial score (nSPS) is 15.9. The minimum Gasteiger partial charge on any atom is -0.453 e. The van der Waals surface area contributed by atoms with Crippen LogP contribution in [-0.2, 0) is 10.8 Å².